The van der Waals surface area contributed by atoms with Crippen LogP contribution < -0.4 is 19.1 Å². The van der Waals surface area contributed by atoms with Crippen molar-refractivity contribution >= 4 is 37.5 Å². The Morgan fingerprint density at radius 3 is 2.44 bits per heavy atom. The predicted molar refractivity (Wildman–Crippen MR) is 134 cm³/mol. The number of halogens is 1. The lowest BCUT2D eigenvalue weighted by molar-refractivity contribution is -0.120. The van der Waals surface area contributed by atoms with Gasteiger partial charge in [0.25, 0.3) is 10.0 Å². The van der Waals surface area contributed by atoms with Crippen LogP contribution in [0.3, 0.4) is 0 Å². The van der Waals surface area contributed by atoms with E-state index < -0.39 is 15.9 Å². The zero-order valence-electron chi connectivity index (χ0n) is 18.8. The molecule has 0 saturated carbocycles. The molecule has 1 amide bonds. The molecule has 0 saturated heterocycles. The SMILES string of the molecule is Cc1ccc(S(=O)(=O)N(CC(=O)N[C@H](C)c2ccc3c(c2)OCCO3)c2cccc(Br)c2)cc1. The molecule has 34 heavy (non-hydrogen) atoms. The van der Waals surface area contributed by atoms with Gasteiger partial charge in [-0.1, -0.05) is 45.8 Å². The van der Waals surface area contributed by atoms with Gasteiger partial charge in [-0.15, -0.1) is 0 Å². The van der Waals surface area contributed by atoms with Crippen molar-refractivity contribution < 1.29 is 22.7 Å². The fourth-order valence-corrected chi connectivity index (χ4v) is 5.41. The molecule has 1 atom stereocenters. The Morgan fingerprint density at radius 1 is 1.03 bits per heavy atom. The first-order valence-electron chi connectivity index (χ1n) is 10.8. The van der Waals surface area contributed by atoms with E-state index in [9.17, 15) is 13.2 Å². The number of carbonyl (C=O) groups is 1. The number of anilines is 1. The number of hydrogen-bond acceptors (Lipinski definition) is 5. The van der Waals surface area contributed by atoms with Crippen molar-refractivity contribution in [3.63, 3.8) is 0 Å². The first-order chi connectivity index (χ1) is 16.2. The van der Waals surface area contributed by atoms with Gasteiger partial charge in [-0.25, -0.2) is 8.42 Å². The highest BCUT2D eigenvalue weighted by Gasteiger charge is 2.28. The van der Waals surface area contributed by atoms with Crippen molar-refractivity contribution in [2.75, 3.05) is 24.1 Å². The van der Waals surface area contributed by atoms with E-state index in [1.807, 2.05) is 32.0 Å². The molecule has 4 rings (SSSR count). The van der Waals surface area contributed by atoms with Crippen LogP contribution in [0.15, 0.2) is 76.1 Å². The van der Waals surface area contributed by atoms with Crippen molar-refractivity contribution in [3.8, 4) is 11.5 Å². The van der Waals surface area contributed by atoms with Crippen LogP contribution in [0.4, 0.5) is 5.69 Å². The molecule has 3 aromatic rings. The van der Waals surface area contributed by atoms with Crippen LogP contribution in [0, 0.1) is 6.92 Å². The number of carbonyl (C=O) groups excluding carboxylic acids is 1. The van der Waals surface area contributed by atoms with Gasteiger partial charge in [0.15, 0.2) is 11.5 Å². The Hall–Kier alpha value is -3.04. The van der Waals surface area contributed by atoms with Gasteiger partial charge in [0.1, 0.15) is 19.8 Å². The number of rotatable bonds is 7. The highest BCUT2D eigenvalue weighted by Crippen LogP contribution is 2.33. The summed E-state index contributed by atoms with van der Waals surface area (Å²) in [4.78, 5) is 13.1. The first kappa shape index (κ1) is 24.1. The minimum atomic E-state index is -3.98. The summed E-state index contributed by atoms with van der Waals surface area (Å²) in [7, 11) is -3.98. The molecule has 3 aromatic carbocycles. The monoisotopic (exact) mass is 544 g/mol. The Morgan fingerprint density at radius 2 is 1.74 bits per heavy atom. The summed E-state index contributed by atoms with van der Waals surface area (Å²) in [6, 6.07) is 18.5. The van der Waals surface area contributed by atoms with Crippen LogP contribution in [0.2, 0.25) is 0 Å². The van der Waals surface area contributed by atoms with Gasteiger partial charge < -0.3 is 14.8 Å². The number of nitrogens with zero attached hydrogens (tertiary/aromatic N) is 1. The van der Waals surface area contributed by atoms with E-state index in [2.05, 4.69) is 21.2 Å². The van der Waals surface area contributed by atoms with Crippen molar-refractivity contribution in [2.24, 2.45) is 0 Å². The molecule has 0 bridgehead atoms. The Bertz CT molecular complexity index is 1290. The number of benzene rings is 3. The van der Waals surface area contributed by atoms with Gasteiger partial charge >= 0.3 is 0 Å². The summed E-state index contributed by atoms with van der Waals surface area (Å²) in [6.07, 6.45) is 0. The normalized spacial score (nSPS) is 13.7. The number of amides is 1. The number of ether oxygens (including phenoxy) is 2. The van der Waals surface area contributed by atoms with Gasteiger partial charge in [0, 0.05) is 4.47 Å². The molecule has 0 spiro atoms. The van der Waals surface area contributed by atoms with E-state index in [0.717, 1.165) is 15.4 Å². The van der Waals surface area contributed by atoms with E-state index in [1.165, 1.54) is 0 Å². The smallest absolute Gasteiger partial charge is 0.264 e. The van der Waals surface area contributed by atoms with Crippen molar-refractivity contribution in [3.05, 3.63) is 82.3 Å². The third-order valence-electron chi connectivity index (χ3n) is 5.44. The Kier molecular flexibility index (Phi) is 7.13. The zero-order valence-corrected chi connectivity index (χ0v) is 21.2. The maximum atomic E-state index is 13.5. The molecule has 1 heterocycles. The highest BCUT2D eigenvalue weighted by atomic mass is 79.9. The van der Waals surface area contributed by atoms with E-state index in [1.54, 1.807) is 48.5 Å². The van der Waals surface area contributed by atoms with Gasteiger partial charge in [0.2, 0.25) is 5.91 Å². The van der Waals surface area contributed by atoms with Crippen LogP contribution >= 0.6 is 15.9 Å². The third kappa shape index (κ3) is 5.37. The molecule has 0 radical (unpaired) electrons. The quantitative estimate of drug-likeness (QED) is 0.469. The largest absolute Gasteiger partial charge is 0.486 e. The molecule has 1 aliphatic rings. The summed E-state index contributed by atoms with van der Waals surface area (Å²) in [5.41, 5.74) is 2.16. The summed E-state index contributed by atoms with van der Waals surface area (Å²) in [5, 5.41) is 2.90. The van der Waals surface area contributed by atoms with Gasteiger partial charge in [-0.2, -0.15) is 0 Å². The highest BCUT2D eigenvalue weighted by molar-refractivity contribution is 9.10. The average molecular weight is 545 g/mol. The van der Waals surface area contributed by atoms with Crippen LogP contribution in [0.1, 0.15) is 24.1 Å². The zero-order chi connectivity index (χ0) is 24.3. The molecule has 1 N–H and O–H groups in total. The summed E-state index contributed by atoms with van der Waals surface area (Å²) >= 11 is 3.39. The van der Waals surface area contributed by atoms with Crippen molar-refractivity contribution in [2.45, 2.75) is 24.8 Å². The van der Waals surface area contributed by atoms with Gasteiger partial charge in [0.05, 0.1) is 16.6 Å². The second kappa shape index (κ2) is 10.1. The molecule has 0 fully saturated rings. The third-order valence-corrected chi connectivity index (χ3v) is 7.72. The molecule has 178 valence electrons. The lowest BCUT2D eigenvalue weighted by atomic mass is 10.1. The minimum Gasteiger partial charge on any atom is -0.486 e. The van der Waals surface area contributed by atoms with Crippen LogP contribution in [0.5, 0.6) is 11.5 Å². The molecule has 0 unspecified atom stereocenters. The fraction of sp³-hybridized carbons (Fsp3) is 0.240. The van der Waals surface area contributed by atoms with Gasteiger partial charge in [-0.3, -0.25) is 9.10 Å². The molecule has 9 heteroatoms. The second-order valence-electron chi connectivity index (χ2n) is 8.00. The summed E-state index contributed by atoms with van der Waals surface area (Å²) < 4.78 is 40.0. The number of sulfonamides is 1. The standard InChI is InChI=1S/C25H25BrN2O5S/c1-17-6-9-22(10-7-17)34(30,31)28(21-5-3-4-20(26)15-21)16-25(29)27-18(2)19-8-11-23-24(14-19)33-13-12-32-23/h3-11,14-15,18H,12-13,16H2,1-2H3,(H,27,29)/t18-/m1/s1. The predicted octanol–water partition coefficient (Wildman–Crippen LogP) is 4.60. The molecule has 1 aliphatic heterocycles. The Balaban J connectivity index is 1.57. The number of aryl methyl sites for hydroxylation is 1. The van der Waals surface area contributed by atoms with Crippen LogP contribution in [-0.4, -0.2) is 34.1 Å². The molecule has 0 aliphatic carbocycles. The van der Waals surface area contributed by atoms with Gasteiger partial charge in [-0.05, 0) is 61.9 Å². The lowest BCUT2D eigenvalue weighted by Crippen LogP contribution is -2.41. The van der Waals surface area contributed by atoms with E-state index in [0.29, 0.717) is 34.9 Å². The maximum absolute atomic E-state index is 13.5. The minimum absolute atomic E-state index is 0.116. The Labute approximate surface area is 207 Å². The average Bonchev–Trinajstić information content (AvgIpc) is 2.82. The molecular formula is C25H25BrN2O5S. The lowest BCUT2D eigenvalue weighted by Gasteiger charge is -2.26. The second-order valence-corrected chi connectivity index (χ2v) is 10.8. The van der Waals surface area contributed by atoms with Crippen molar-refractivity contribution in [1.82, 2.24) is 5.32 Å². The number of fused-ring (bicyclic) bond motifs is 1. The van der Waals surface area contributed by atoms with Crippen LogP contribution in [-0.2, 0) is 14.8 Å². The summed E-state index contributed by atoms with van der Waals surface area (Å²) in [5.74, 6) is 0.860. The van der Waals surface area contributed by atoms with Crippen molar-refractivity contribution in [1.29, 1.82) is 0 Å². The van der Waals surface area contributed by atoms with E-state index in [4.69, 9.17) is 9.47 Å². The van der Waals surface area contributed by atoms with E-state index >= 15 is 0 Å². The fourth-order valence-electron chi connectivity index (χ4n) is 3.61. The van der Waals surface area contributed by atoms with E-state index in [-0.39, 0.29) is 17.5 Å². The first-order valence-corrected chi connectivity index (χ1v) is 13.0. The topological polar surface area (TPSA) is 84.9 Å². The number of hydrogen-bond donors (Lipinski definition) is 1. The summed E-state index contributed by atoms with van der Waals surface area (Å²) in [6.45, 7) is 4.31. The van der Waals surface area contributed by atoms with Crippen LogP contribution in [0.25, 0.3) is 0 Å². The maximum Gasteiger partial charge on any atom is 0.264 e. The molecule has 0 aromatic heterocycles. The number of nitrogens with one attached hydrogen (secondary N) is 1. The molecule has 7 nitrogen and oxygen atoms in total. The molecular weight excluding hydrogens is 520 g/mol.